The van der Waals surface area contributed by atoms with E-state index in [-0.39, 0.29) is 11.9 Å². The van der Waals surface area contributed by atoms with Crippen LogP contribution < -0.4 is 5.73 Å². The molecule has 1 aliphatic rings. The SMILES string of the molecule is CCOC1(C(N)c2ccc(F)c(C)c2)CCOCC1. The van der Waals surface area contributed by atoms with Gasteiger partial charge in [-0.05, 0) is 31.0 Å². The fourth-order valence-electron chi connectivity index (χ4n) is 2.71. The summed E-state index contributed by atoms with van der Waals surface area (Å²) in [5, 5.41) is 0. The number of hydrogen-bond donors (Lipinski definition) is 1. The molecule has 1 unspecified atom stereocenters. The van der Waals surface area contributed by atoms with Crippen LogP contribution in [0.25, 0.3) is 0 Å². The van der Waals surface area contributed by atoms with Crippen LogP contribution in [0, 0.1) is 12.7 Å². The average Bonchev–Trinajstić information content (AvgIpc) is 2.42. The normalized spacial score (nSPS) is 20.2. The highest BCUT2D eigenvalue weighted by Crippen LogP contribution is 2.36. The molecule has 1 fully saturated rings. The van der Waals surface area contributed by atoms with Crippen molar-refractivity contribution in [3.8, 4) is 0 Å². The summed E-state index contributed by atoms with van der Waals surface area (Å²) >= 11 is 0. The van der Waals surface area contributed by atoms with E-state index in [1.165, 1.54) is 6.07 Å². The van der Waals surface area contributed by atoms with Crippen molar-refractivity contribution in [2.75, 3.05) is 19.8 Å². The van der Waals surface area contributed by atoms with Crippen LogP contribution in [0.5, 0.6) is 0 Å². The molecular weight excluding hydrogens is 245 g/mol. The van der Waals surface area contributed by atoms with Gasteiger partial charge in [-0.1, -0.05) is 12.1 Å². The minimum absolute atomic E-state index is 0.201. The molecule has 3 nitrogen and oxygen atoms in total. The molecule has 0 amide bonds. The van der Waals surface area contributed by atoms with Gasteiger partial charge in [-0.3, -0.25) is 0 Å². The van der Waals surface area contributed by atoms with E-state index >= 15 is 0 Å². The second kappa shape index (κ2) is 5.99. The van der Waals surface area contributed by atoms with E-state index < -0.39 is 5.60 Å². The van der Waals surface area contributed by atoms with Crippen molar-refractivity contribution < 1.29 is 13.9 Å². The summed E-state index contributed by atoms with van der Waals surface area (Å²) in [7, 11) is 0. The van der Waals surface area contributed by atoms with Gasteiger partial charge in [0.15, 0.2) is 0 Å². The highest BCUT2D eigenvalue weighted by molar-refractivity contribution is 5.28. The third kappa shape index (κ3) is 2.96. The van der Waals surface area contributed by atoms with Crippen LogP contribution in [0.4, 0.5) is 4.39 Å². The minimum atomic E-state index is -0.392. The van der Waals surface area contributed by atoms with Crippen molar-refractivity contribution in [2.45, 2.75) is 38.3 Å². The van der Waals surface area contributed by atoms with E-state index in [1.54, 1.807) is 13.0 Å². The second-order valence-electron chi connectivity index (χ2n) is 5.10. The quantitative estimate of drug-likeness (QED) is 0.912. The molecule has 106 valence electrons. The predicted molar refractivity (Wildman–Crippen MR) is 72.5 cm³/mol. The average molecular weight is 267 g/mol. The number of aryl methyl sites for hydroxylation is 1. The molecule has 0 spiro atoms. The molecule has 0 radical (unpaired) electrons. The topological polar surface area (TPSA) is 44.5 Å². The molecule has 1 aromatic carbocycles. The lowest BCUT2D eigenvalue weighted by Gasteiger charge is -2.41. The maximum Gasteiger partial charge on any atom is 0.126 e. The maximum atomic E-state index is 13.4. The molecule has 0 bridgehead atoms. The van der Waals surface area contributed by atoms with Gasteiger partial charge < -0.3 is 15.2 Å². The van der Waals surface area contributed by atoms with E-state index in [0.717, 1.165) is 18.4 Å². The Labute approximate surface area is 113 Å². The van der Waals surface area contributed by atoms with Gasteiger partial charge in [0.25, 0.3) is 0 Å². The molecule has 1 saturated heterocycles. The zero-order valence-corrected chi connectivity index (χ0v) is 11.6. The lowest BCUT2D eigenvalue weighted by molar-refractivity contribution is -0.121. The van der Waals surface area contributed by atoms with E-state index in [9.17, 15) is 4.39 Å². The molecule has 0 saturated carbocycles. The molecule has 2 rings (SSSR count). The van der Waals surface area contributed by atoms with Gasteiger partial charge in [-0.2, -0.15) is 0 Å². The van der Waals surface area contributed by atoms with E-state index in [2.05, 4.69) is 0 Å². The van der Waals surface area contributed by atoms with Gasteiger partial charge in [0.2, 0.25) is 0 Å². The maximum absolute atomic E-state index is 13.4. The Morgan fingerprint density at radius 3 is 2.68 bits per heavy atom. The van der Waals surface area contributed by atoms with E-state index in [1.807, 2.05) is 13.0 Å². The molecule has 4 heteroatoms. The molecular formula is C15H22FNO2. The van der Waals surface area contributed by atoms with Crippen molar-refractivity contribution in [3.05, 3.63) is 35.1 Å². The number of halogens is 1. The first-order valence-electron chi connectivity index (χ1n) is 6.82. The fraction of sp³-hybridized carbons (Fsp3) is 0.600. The van der Waals surface area contributed by atoms with Crippen LogP contribution in [0.2, 0.25) is 0 Å². The highest BCUT2D eigenvalue weighted by atomic mass is 19.1. The van der Waals surface area contributed by atoms with Crippen molar-refractivity contribution in [1.82, 2.24) is 0 Å². The van der Waals surface area contributed by atoms with Crippen LogP contribution in [0.15, 0.2) is 18.2 Å². The van der Waals surface area contributed by atoms with Gasteiger partial charge in [-0.25, -0.2) is 4.39 Å². The number of hydrogen-bond acceptors (Lipinski definition) is 3. The molecule has 1 aromatic rings. The van der Waals surface area contributed by atoms with Crippen LogP contribution in [-0.4, -0.2) is 25.4 Å². The van der Waals surface area contributed by atoms with Crippen molar-refractivity contribution in [3.63, 3.8) is 0 Å². The summed E-state index contributed by atoms with van der Waals surface area (Å²) in [6.07, 6.45) is 1.55. The van der Waals surface area contributed by atoms with E-state index in [0.29, 0.717) is 25.4 Å². The molecule has 0 aromatic heterocycles. The smallest absolute Gasteiger partial charge is 0.126 e. The van der Waals surface area contributed by atoms with Crippen LogP contribution in [0.1, 0.15) is 36.9 Å². The first kappa shape index (κ1) is 14.4. The largest absolute Gasteiger partial charge is 0.381 e. The first-order chi connectivity index (χ1) is 9.09. The molecule has 1 atom stereocenters. The Morgan fingerprint density at radius 1 is 1.42 bits per heavy atom. The Hall–Kier alpha value is -0.970. The third-order valence-corrected chi connectivity index (χ3v) is 3.88. The summed E-state index contributed by atoms with van der Waals surface area (Å²) in [6.45, 7) is 5.67. The van der Waals surface area contributed by atoms with Gasteiger partial charge in [0.1, 0.15) is 5.82 Å². The number of benzene rings is 1. The molecule has 0 aliphatic carbocycles. The minimum Gasteiger partial charge on any atom is -0.381 e. The zero-order valence-electron chi connectivity index (χ0n) is 11.6. The van der Waals surface area contributed by atoms with Crippen LogP contribution in [0.3, 0.4) is 0 Å². The summed E-state index contributed by atoms with van der Waals surface area (Å²) < 4.78 is 24.7. The van der Waals surface area contributed by atoms with E-state index in [4.69, 9.17) is 15.2 Å². The molecule has 1 aliphatic heterocycles. The van der Waals surface area contributed by atoms with Gasteiger partial charge in [-0.15, -0.1) is 0 Å². The number of nitrogens with two attached hydrogens (primary N) is 1. The predicted octanol–water partition coefficient (Wildman–Crippen LogP) is 2.72. The van der Waals surface area contributed by atoms with Crippen molar-refractivity contribution >= 4 is 0 Å². The summed E-state index contributed by atoms with van der Waals surface area (Å²) in [4.78, 5) is 0. The Kier molecular flexibility index (Phi) is 4.55. The Balaban J connectivity index is 2.27. The summed E-state index contributed by atoms with van der Waals surface area (Å²) in [6, 6.07) is 4.79. The zero-order chi connectivity index (χ0) is 13.9. The molecule has 1 heterocycles. The summed E-state index contributed by atoms with van der Waals surface area (Å²) in [5.74, 6) is -0.201. The monoisotopic (exact) mass is 267 g/mol. The van der Waals surface area contributed by atoms with Crippen LogP contribution >= 0.6 is 0 Å². The standard InChI is InChI=1S/C15H22FNO2/c1-3-19-15(6-8-18-9-7-15)14(17)12-4-5-13(16)11(2)10-12/h4-5,10,14H,3,6-9,17H2,1-2H3. The molecule has 2 N–H and O–H groups in total. The lowest BCUT2D eigenvalue weighted by Crippen LogP contribution is -2.48. The summed E-state index contributed by atoms with van der Waals surface area (Å²) in [5.41, 5.74) is 7.56. The fourth-order valence-corrected chi connectivity index (χ4v) is 2.71. The van der Waals surface area contributed by atoms with Gasteiger partial charge in [0, 0.05) is 32.7 Å². The van der Waals surface area contributed by atoms with Crippen LogP contribution in [-0.2, 0) is 9.47 Å². The molecule has 19 heavy (non-hydrogen) atoms. The highest BCUT2D eigenvalue weighted by Gasteiger charge is 2.40. The Morgan fingerprint density at radius 2 is 2.11 bits per heavy atom. The Bertz CT molecular complexity index is 425. The first-order valence-corrected chi connectivity index (χ1v) is 6.82. The van der Waals surface area contributed by atoms with Crippen molar-refractivity contribution in [1.29, 1.82) is 0 Å². The lowest BCUT2D eigenvalue weighted by atomic mass is 9.82. The number of rotatable bonds is 4. The third-order valence-electron chi connectivity index (χ3n) is 3.88. The van der Waals surface area contributed by atoms with Gasteiger partial charge >= 0.3 is 0 Å². The van der Waals surface area contributed by atoms with Gasteiger partial charge in [0.05, 0.1) is 11.6 Å². The number of ether oxygens (including phenoxy) is 2. The van der Waals surface area contributed by atoms with Crippen molar-refractivity contribution in [2.24, 2.45) is 5.73 Å². The second-order valence-corrected chi connectivity index (χ2v) is 5.10.